The standard InChI is InChI=1S/C14H15BrFNOS/c1-10-2-3-12(16)7-14(10)18-5-4-17-8-13-6-11(15)9-19-13/h2-3,6-7,9,17H,4-5,8H2,1H3. The minimum Gasteiger partial charge on any atom is -0.492 e. The van der Waals surface area contributed by atoms with Gasteiger partial charge in [0.05, 0.1) is 0 Å². The monoisotopic (exact) mass is 343 g/mol. The van der Waals surface area contributed by atoms with Gasteiger partial charge in [-0.1, -0.05) is 6.07 Å². The van der Waals surface area contributed by atoms with E-state index in [1.54, 1.807) is 17.4 Å². The lowest BCUT2D eigenvalue weighted by Crippen LogP contribution is -2.20. The van der Waals surface area contributed by atoms with Crippen LogP contribution in [0.25, 0.3) is 0 Å². The van der Waals surface area contributed by atoms with Gasteiger partial charge < -0.3 is 10.1 Å². The average Bonchev–Trinajstić information content (AvgIpc) is 2.79. The van der Waals surface area contributed by atoms with Gasteiger partial charge in [0.1, 0.15) is 18.2 Å². The van der Waals surface area contributed by atoms with Crippen molar-refractivity contribution in [2.75, 3.05) is 13.2 Å². The fraction of sp³-hybridized carbons (Fsp3) is 0.286. The number of aryl methyl sites for hydroxylation is 1. The van der Waals surface area contributed by atoms with Gasteiger partial charge in [-0.3, -0.25) is 0 Å². The highest BCUT2D eigenvalue weighted by Crippen LogP contribution is 2.20. The second-order valence-electron chi connectivity index (χ2n) is 4.17. The quantitative estimate of drug-likeness (QED) is 0.796. The van der Waals surface area contributed by atoms with Crippen LogP contribution in [0.4, 0.5) is 4.39 Å². The number of rotatable bonds is 6. The fourth-order valence-electron chi connectivity index (χ4n) is 1.62. The maximum Gasteiger partial charge on any atom is 0.126 e. The van der Waals surface area contributed by atoms with Gasteiger partial charge in [-0.25, -0.2) is 4.39 Å². The zero-order valence-electron chi connectivity index (χ0n) is 10.6. The SMILES string of the molecule is Cc1ccc(F)cc1OCCNCc1cc(Br)cs1. The third-order valence-corrected chi connectivity index (χ3v) is 4.31. The van der Waals surface area contributed by atoms with Crippen LogP contribution >= 0.6 is 27.3 Å². The molecule has 0 aliphatic carbocycles. The Balaban J connectivity index is 1.70. The van der Waals surface area contributed by atoms with Crippen LogP contribution < -0.4 is 10.1 Å². The van der Waals surface area contributed by atoms with Crippen molar-refractivity contribution in [3.8, 4) is 5.75 Å². The third-order valence-electron chi connectivity index (χ3n) is 2.61. The molecule has 2 rings (SSSR count). The highest BCUT2D eigenvalue weighted by Gasteiger charge is 2.01. The van der Waals surface area contributed by atoms with Crippen LogP contribution in [0.2, 0.25) is 0 Å². The predicted octanol–water partition coefficient (Wildman–Crippen LogP) is 4.13. The van der Waals surface area contributed by atoms with E-state index in [0.717, 1.165) is 23.1 Å². The summed E-state index contributed by atoms with van der Waals surface area (Å²) in [6, 6.07) is 6.68. The lowest BCUT2D eigenvalue weighted by molar-refractivity contribution is 0.310. The molecule has 0 aliphatic heterocycles. The molecule has 0 amide bonds. The van der Waals surface area contributed by atoms with Crippen molar-refractivity contribution >= 4 is 27.3 Å². The van der Waals surface area contributed by atoms with Crippen molar-refractivity contribution in [1.29, 1.82) is 0 Å². The summed E-state index contributed by atoms with van der Waals surface area (Å²) in [5, 5.41) is 5.35. The Morgan fingerprint density at radius 3 is 2.95 bits per heavy atom. The van der Waals surface area contributed by atoms with E-state index in [0.29, 0.717) is 12.4 Å². The highest BCUT2D eigenvalue weighted by molar-refractivity contribution is 9.10. The van der Waals surface area contributed by atoms with Gasteiger partial charge in [0.2, 0.25) is 0 Å². The molecular weight excluding hydrogens is 329 g/mol. The molecule has 0 aliphatic rings. The number of halogens is 2. The molecule has 2 aromatic rings. The summed E-state index contributed by atoms with van der Waals surface area (Å²) in [7, 11) is 0. The second kappa shape index (κ2) is 7.03. The van der Waals surface area contributed by atoms with E-state index in [1.807, 2.05) is 6.92 Å². The lowest BCUT2D eigenvalue weighted by atomic mass is 10.2. The number of benzene rings is 1. The van der Waals surface area contributed by atoms with Crippen LogP contribution in [0, 0.1) is 12.7 Å². The minimum absolute atomic E-state index is 0.267. The van der Waals surface area contributed by atoms with Crippen molar-refractivity contribution in [1.82, 2.24) is 5.32 Å². The van der Waals surface area contributed by atoms with Crippen molar-refractivity contribution in [2.45, 2.75) is 13.5 Å². The predicted molar refractivity (Wildman–Crippen MR) is 80.4 cm³/mol. The Hall–Kier alpha value is -0.910. The number of hydrogen-bond donors (Lipinski definition) is 1. The lowest BCUT2D eigenvalue weighted by Gasteiger charge is -2.09. The van der Waals surface area contributed by atoms with Crippen molar-refractivity contribution in [3.63, 3.8) is 0 Å². The van der Waals surface area contributed by atoms with Gasteiger partial charge in [0, 0.05) is 33.9 Å². The van der Waals surface area contributed by atoms with Crippen LogP contribution in [-0.2, 0) is 6.54 Å². The first-order chi connectivity index (χ1) is 9.15. The first-order valence-corrected chi connectivity index (χ1v) is 7.65. The molecule has 102 valence electrons. The summed E-state index contributed by atoms with van der Waals surface area (Å²) in [5.41, 5.74) is 0.948. The minimum atomic E-state index is -0.267. The fourth-order valence-corrected chi connectivity index (χ4v) is 3.04. The van der Waals surface area contributed by atoms with E-state index in [4.69, 9.17) is 4.74 Å². The Morgan fingerprint density at radius 2 is 2.21 bits per heavy atom. The molecule has 2 nitrogen and oxygen atoms in total. The van der Waals surface area contributed by atoms with Gasteiger partial charge >= 0.3 is 0 Å². The molecule has 1 aromatic carbocycles. The van der Waals surface area contributed by atoms with Gasteiger partial charge in [-0.2, -0.15) is 0 Å². The van der Waals surface area contributed by atoms with E-state index >= 15 is 0 Å². The molecule has 1 aromatic heterocycles. The van der Waals surface area contributed by atoms with Gasteiger partial charge in [-0.05, 0) is 40.5 Å². The van der Waals surface area contributed by atoms with Crippen molar-refractivity contribution in [3.05, 3.63) is 50.4 Å². The number of thiophene rings is 1. The first kappa shape index (κ1) is 14.5. The molecule has 0 unspecified atom stereocenters. The number of hydrogen-bond acceptors (Lipinski definition) is 3. The molecular formula is C14H15BrFNOS. The zero-order valence-corrected chi connectivity index (χ0v) is 13.0. The van der Waals surface area contributed by atoms with E-state index in [-0.39, 0.29) is 5.82 Å². The van der Waals surface area contributed by atoms with Crippen LogP contribution in [0.1, 0.15) is 10.4 Å². The molecule has 0 atom stereocenters. The largest absolute Gasteiger partial charge is 0.492 e. The Kier molecular flexibility index (Phi) is 5.36. The van der Waals surface area contributed by atoms with Crippen LogP contribution in [0.15, 0.2) is 34.1 Å². The summed E-state index contributed by atoms with van der Waals surface area (Å²) in [4.78, 5) is 1.27. The molecule has 0 fully saturated rings. The Morgan fingerprint density at radius 1 is 1.37 bits per heavy atom. The topological polar surface area (TPSA) is 21.3 Å². The van der Waals surface area contributed by atoms with Crippen LogP contribution in [0.5, 0.6) is 5.75 Å². The average molecular weight is 344 g/mol. The Labute approximate surface area is 124 Å². The normalized spacial score (nSPS) is 10.7. The summed E-state index contributed by atoms with van der Waals surface area (Å²) < 4.78 is 19.7. The first-order valence-electron chi connectivity index (χ1n) is 5.98. The molecule has 0 saturated heterocycles. The van der Waals surface area contributed by atoms with Crippen LogP contribution in [0.3, 0.4) is 0 Å². The van der Waals surface area contributed by atoms with Gasteiger partial charge in [0.15, 0.2) is 0 Å². The third kappa shape index (κ3) is 4.60. The maximum atomic E-state index is 13.0. The smallest absolute Gasteiger partial charge is 0.126 e. The summed E-state index contributed by atoms with van der Waals surface area (Å²) in [6.07, 6.45) is 0. The van der Waals surface area contributed by atoms with Crippen molar-refractivity contribution in [2.24, 2.45) is 0 Å². The number of ether oxygens (including phenoxy) is 1. The number of nitrogens with one attached hydrogen (secondary N) is 1. The summed E-state index contributed by atoms with van der Waals surface area (Å²) >= 11 is 5.13. The van der Waals surface area contributed by atoms with E-state index in [9.17, 15) is 4.39 Å². The highest BCUT2D eigenvalue weighted by atomic mass is 79.9. The van der Waals surface area contributed by atoms with E-state index in [1.165, 1.54) is 17.0 Å². The molecule has 0 radical (unpaired) electrons. The second-order valence-corrected chi connectivity index (χ2v) is 6.08. The molecule has 1 heterocycles. The van der Waals surface area contributed by atoms with Gasteiger partial charge in [0.25, 0.3) is 0 Å². The van der Waals surface area contributed by atoms with E-state index in [2.05, 4.69) is 32.7 Å². The van der Waals surface area contributed by atoms with Crippen LogP contribution in [-0.4, -0.2) is 13.2 Å². The van der Waals surface area contributed by atoms with E-state index < -0.39 is 0 Å². The van der Waals surface area contributed by atoms with Crippen molar-refractivity contribution < 1.29 is 9.13 Å². The van der Waals surface area contributed by atoms with Gasteiger partial charge in [-0.15, -0.1) is 11.3 Å². The Bertz CT molecular complexity index is 544. The zero-order chi connectivity index (χ0) is 13.7. The summed E-state index contributed by atoms with van der Waals surface area (Å²) in [5.74, 6) is 0.345. The maximum absolute atomic E-state index is 13.0. The molecule has 0 bridgehead atoms. The summed E-state index contributed by atoms with van der Waals surface area (Å²) in [6.45, 7) is 3.98. The molecule has 0 saturated carbocycles. The molecule has 19 heavy (non-hydrogen) atoms. The molecule has 0 spiro atoms. The molecule has 1 N–H and O–H groups in total. The molecule has 5 heteroatoms.